The lowest BCUT2D eigenvalue weighted by molar-refractivity contribution is 1.08. The Morgan fingerprint density at radius 2 is 2.13 bits per heavy atom. The number of nitrogens with zero attached hydrogens (tertiary/aromatic N) is 2. The molecule has 74 valence electrons. The van der Waals surface area contributed by atoms with E-state index in [1.807, 2.05) is 18.3 Å². The van der Waals surface area contributed by atoms with Crippen molar-refractivity contribution in [2.24, 2.45) is 0 Å². The van der Waals surface area contributed by atoms with Gasteiger partial charge >= 0.3 is 0 Å². The highest BCUT2D eigenvalue weighted by Crippen LogP contribution is 2.26. The van der Waals surface area contributed by atoms with Crippen LogP contribution in [0.2, 0.25) is 0 Å². The Balaban J connectivity index is 2.15. The van der Waals surface area contributed by atoms with Gasteiger partial charge in [0, 0.05) is 29.8 Å². The van der Waals surface area contributed by atoms with Gasteiger partial charge in [-0.2, -0.15) is 5.10 Å². The molecule has 0 aliphatic rings. The van der Waals surface area contributed by atoms with Crippen LogP contribution in [-0.2, 0) is 0 Å². The Labute approximate surface area is 85.6 Å². The number of H-pyrrole nitrogens is 3. The summed E-state index contributed by atoms with van der Waals surface area (Å²) in [5.41, 5.74) is 2.92. The zero-order valence-electron chi connectivity index (χ0n) is 7.86. The molecule has 5 heteroatoms. The van der Waals surface area contributed by atoms with Gasteiger partial charge in [-0.3, -0.25) is 5.10 Å². The Kier molecular flexibility index (Phi) is 1.68. The number of nitrogens with one attached hydrogen (secondary N) is 3. The molecule has 3 N–H and O–H groups in total. The zero-order valence-corrected chi connectivity index (χ0v) is 7.86. The second-order valence-corrected chi connectivity index (χ2v) is 3.18. The quantitative estimate of drug-likeness (QED) is 0.588. The van der Waals surface area contributed by atoms with Crippen molar-refractivity contribution in [3.8, 4) is 22.8 Å². The number of imidazole rings is 1. The molecule has 0 bridgehead atoms. The fraction of sp³-hybridized carbons (Fsp3) is 0. The van der Waals surface area contributed by atoms with E-state index in [0.29, 0.717) is 0 Å². The van der Waals surface area contributed by atoms with Crippen molar-refractivity contribution in [2.75, 3.05) is 0 Å². The van der Waals surface area contributed by atoms with Crippen LogP contribution in [0.5, 0.6) is 0 Å². The number of aromatic amines is 3. The summed E-state index contributed by atoms with van der Waals surface area (Å²) in [5, 5.41) is 6.96. The summed E-state index contributed by atoms with van der Waals surface area (Å²) in [6.07, 6.45) is 7.17. The highest BCUT2D eigenvalue weighted by molar-refractivity contribution is 5.74. The lowest BCUT2D eigenvalue weighted by Gasteiger charge is -1.96. The molecule has 0 saturated heterocycles. The third-order valence-electron chi connectivity index (χ3n) is 2.26. The van der Waals surface area contributed by atoms with Gasteiger partial charge in [0.15, 0.2) is 5.82 Å². The smallest absolute Gasteiger partial charge is 0.156 e. The summed E-state index contributed by atoms with van der Waals surface area (Å²) in [7, 11) is 0. The first kappa shape index (κ1) is 8.05. The van der Waals surface area contributed by atoms with Gasteiger partial charge in [0.2, 0.25) is 0 Å². The average Bonchev–Trinajstić information content (AvgIpc) is 3.01. The molecule has 0 amide bonds. The maximum absolute atomic E-state index is 4.19. The molecule has 0 aromatic carbocycles. The number of hydrogen-bond acceptors (Lipinski definition) is 2. The van der Waals surface area contributed by atoms with E-state index in [-0.39, 0.29) is 0 Å². The fourth-order valence-electron chi connectivity index (χ4n) is 1.57. The van der Waals surface area contributed by atoms with E-state index in [1.165, 1.54) is 0 Å². The van der Waals surface area contributed by atoms with Crippen molar-refractivity contribution >= 4 is 0 Å². The van der Waals surface area contributed by atoms with Crippen LogP contribution in [0.25, 0.3) is 22.8 Å². The first-order valence-corrected chi connectivity index (χ1v) is 4.62. The normalized spacial score (nSPS) is 10.7. The molecule has 0 atom stereocenters. The molecular formula is C10H9N5. The van der Waals surface area contributed by atoms with Crippen LogP contribution in [0.15, 0.2) is 36.9 Å². The zero-order chi connectivity index (χ0) is 10.1. The second kappa shape index (κ2) is 3.13. The molecule has 0 radical (unpaired) electrons. The lowest BCUT2D eigenvalue weighted by Crippen LogP contribution is -1.84. The van der Waals surface area contributed by atoms with Gasteiger partial charge in [-0.05, 0) is 12.1 Å². The molecule has 0 spiro atoms. The molecule has 3 aromatic rings. The summed E-state index contributed by atoms with van der Waals surface area (Å²) in [5.74, 6) is 0.789. The van der Waals surface area contributed by atoms with Crippen molar-refractivity contribution in [3.05, 3.63) is 36.9 Å². The Bertz CT molecular complexity index is 483. The van der Waals surface area contributed by atoms with Crippen LogP contribution in [-0.4, -0.2) is 25.1 Å². The minimum Gasteiger partial charge on any atom is -0.361 e. The third-order valence-corrected chi connectivity index (χ3v) is 2.26. The monoisotopic (exact) mass is 199 g/mol. The van der Waals surface area contributed by atoms with E-state index in [1.54, 1.807) is 18.6 Å². The van der Waals surface area contributed by atoms with Crippen LogP contribution >= 0.6 is 0 Å². The van der Waals surface area contributed by atoms with E-state index in [4.69, 9.17) is 0 Å². The average molecular weight is 199 g/mol. The van der Waals surface area contributed by atoms with Crippen molar-refractivity contribution < 1.29 is 0 Å². The highest BCUT2D eigenvalue weighted by Gasteiger charge is 2.11. The molecule has 0 fully saturated rings. The molecule has 0 unspecified atom stereocenters. The van der Waals surface area contributed by atoms with Gasteiger partial charge in [0.25, 0.3) is 0 Å². The predicted octanol–water partition coefficient (Wildman–Crippen LogP) is 1.79. The summed E-state index contributed by atoms with van der Waals surface area (Å²) in [6, 6.07) is 3.95. The second-order valence-electron chi connectivity index (χ2n) is 3.18. The van der Waals surface area contributed by atoms with Gasteiger partial charge in [0.1, 0.15) is 5.69 Å². The van der Waals surface area contributed by atoms with E-state index >= 15 is 0 Å². The fourth-order valence-corrected chi connectivity index (χ4v) is 1.57. The summed E-state index contributed by atoms with van der Waals surface area (Å²) in [4.78, 5) is 10.4. The third kappa shape index (κ3) is 1.25. The number of aromatic nitrogens is 5. The molecular weight excluding hydrogens is 190 g/mol. The topological polar surface area (TPSA) is 73.2 Å². The molecule has 5 nitrogen and oxygen atoms in total. The minimum atomic E-state index is 0.789. The summed E-state index contributed by atoms with van der Waals surface area (Å²) >= 11 is 0. The van der Waals surface area contributed by atoms with Crippen molar-refractivity contribution in [2.45, 2.75) is 0 Å². The summed E-state index contributed by atoms with van der Waals surface area (Å²) < 4.78 is 0. The van der Waals surface area contributed by atoms with E-state index < -0.39 is 0 Å². The van der Waals surface area contributed by atoms with Crippen molar-refractivity contribution in [1.82, 2.24) is 25.1 Å². The van der Waals surface area contributed by atoms with E-state index in [2.05, 4.69) is 25.1 Å². The van der Waals surface area contributed by atoms with Crippen LogP contribution < -0.4 is 0 Å². The van der Waals surface area contributed by atoms with Crippen LogP contribution in [0.1, 0.15) is 0 Å². The Hall–Kier alpha value is -2.30. The molecule has 3 rings (SSSR count). The first-order valence-electron chi connectivity index (χ1n) is 4.62. The Morgan fingerprint density at radius 3 is 2.87 bits per heavy atom. The molecule has 3 aromatic heterocycles. The summed E-state index contributed by atoms with van der Waals surface area (Å²) in [6.45, 7) is 0. The number of hydrogen-bond donors (Lipinski definition) is 3. The predicted molar refractivity (Wildman–Crippen MR) is 56.0 cm³/mol. The standard InChI is InChI=1S/C10H9N5/c1-2-8(11-3-1)7-6-14-15-9(7)10-12-4-5-13-10/h1-6,11H,(H,12,13)(H,14,15). The van der Waals surface area contributed by atoms with Gasteiger partial charge in [-0.25, -0.2) is 4.98 Å². The SMILES string of the molecule is c1c[nH]c(-c2cn[nH]c2-c2ncc[nH]2)c1. The molecule has 3 heterocycles. The van der Waals surface area contributed by atoms with Crippen molar-refractivity contribution in [3.63, 3.8) is 0 Å². The van der Waals surface area contributed by atoms with Gasteiger partial charge < -0.3 is 9.97 Å². The van der Waals surface area contributed by atoms with E-state index in [9.17, 15) is 0 Å². The van der Waals surface area contributed by atoms with Crippen LogP contribution in [0, 0.1) is 0 Å². The first-order chi connectivity index (χ1) is 7.45. The Morgan fingerprint density at radius 1 is 1.13 bits per heavy atom. The van der Waals surface area contributed by atoms with Gasteiger partial charge in [0.05, 0.1) is 6.20 Å². The van der Waals surface area contributed by atoms with Crippen molar-refractivity contribution in [1.29, 1.82) is 0 Å². The lowest BCUT2D eigenvalue weighted by atomic mass is 10.2. The highest BCUT2D eigenvalue weighted by atomic mass is 15.1. The van der Waals surface area contributed by atoms with Crippen LogP contribution in [0.4, 0.5) is 0 Å². The maximum Gasteiger partial charge on any atom is 0.156 e. The largest absolute Gasteiger partial charge is 0.361 e. The van der Waals surface area contributed by atoms with E-state index in [0.717, 1.165) is 22.8 Å². The minimum absolute atomic E-state index is 0.789. The molecule has 0 saturated carbocycles. The van der Waals surface area contributed by atoms with Crippen LogP contribution in [0.3, 0.4) is 0 Å². The molecule has 15 heavy (non-hydrogen) atoms. The molecule has 0 aliphatic carbocycles. The molecule has 0 aliphatic heterocycles. The number of rotatable bonds is 2. The van der Waals surface area contributed by atoms with Gasteiger partial charge in [-0.1, -0.05) is 0 Å². The van der Waals surface area contributed by atoms with Gasteiger partial charge in [-0.15, -0.1) is 0 Å². The maximum atomic E-state index is 4.19.